The van der Waals surface area contributed by atoms with Crippen LogP contribution in [0.15, 0.2) is 33.6 Å². The molecule has 0 aliphatic carbocycles. The van der Waals surface area contributed by atoms with E-state index in [0.29, 0.717) is 17.9 Å². The van der Waals surface area contributed by atoms with E-state index in [1.165, 1.54) is 12.1 Å². The number of carbonyl (C=O) groups excluding carboxylic acids is 2. The number of esters is 1. The molecule has 0 aromatic heterocycles. The van der Waals surface area contributed by atoms with Crippen molar-refractivity contribution in [3.8, 4) is 11.5 Å². The Morgan fingerprint density at radius 1 is 1.09 bits per heavy atom. The summed E-state index contributed by atoms with van der Waals surface area (Å²) in [6, 6.07) is 6.01. The molecule has 0 fully saturated rings. The van der Waals surface area contributed by atoms with Crippen LogP contribution in [0.2, 0.25) is 0 Å². The maximum absolute atomic E-state index is 13.1. The van der Waals surface area contributed by atoms with Crippen molar-refractivity contribution in [2.24, 2.45) is 5.92 Å². The van der Waals surface area contributed by atoms with Gasteiger partial charge in [-0.25, -0.2) is 13.1 Å². The highest BCUT2D eigenvalue weighted by atomic mass is 79.9. The molecule has 1 amide bonds. The van der Waals surface area contributed by atoms with Gasteiger partial charge in [-0.15, -0.1) is 0 Å². The number of carbonyl (C=O) groups is 2. The second kappa shape index (κ2) is 9.10. The molecule has 33 heavy (non-hydrogen) atoms. The summed E-state index contributed by atoms with van der Waals surface area (Å²) in [4.78, 5) is 25.2. The Morgan fingerprint density at radius 3 is 2.27 bits per heavy atom. The average molecular weight is 538 g/mol. The second-order valence-corrected chi connectivity index (χ2v) is 11.4. The van der Waals surface area contributed by atoms with E-state index < -0.39 is 21.5 Å². The van der Waals surface area contributed by atoms with E-state index in [4.69, 9.17) is 9.47 Å². The molecule has 1 atom stereocenters. The van der Waals surface area contributed by atoms with E-state index in [0.717, 1.165) is 26.7 Å². The zero-order valence-electron chi connectivity index (χ0n) is 19.5. The summed E-state index contributed by atoms with van der Waals surface area (Å²) in [5.41, 5.74) is 1.75. The number of amides is 1. The van der Waals surface area contributed by atoms with Gasteiger partial charge in [0.25, 0.3) is 15.9 Å². The van der Waals surface area contributed by atoms with Gasteiger partial charge in [0.05, 0.1) is 10.8 Å². The smallest absolute Gasteiger partial charge is 0.313 e. The van der Waals surface area contributed by atoms with E-state index in [-0.39, 0.29) is 23.2 Å². The molecule has 0 radical (unpaired) electrons. The van der Waals surface area contributed by atoms with Gasteiger partial charge < -0.3 is 9.47 Å². The van der Waals surface area contributed by atoms with Crippen molar-refractivity contribution >= 4 is 37.8 Å². The molecule has 1 aliphatic heterocycles. The number of ether oxygens (including phenoxy) is 2. The molecule has 0 saturated carbocycles. The van der Waals surface area contributed by atoms with Crippen LogP contribution in [-0.2, 0) is 26.0 Å². The first-order chi connectivity index (χ1) is 15.3. The van der Waals surface area contributed by atoms with Crippen LogP contribution in [0.25, 0.3) is 0 Å². The highest BCUT2D eigenvalue weighted by Crippen LogP contribution is 2.44. The first-order valence-electron chi connectivity index (χ1n) is 10.6. The summed E-state index contributed by atoms with van der Waals surface area (Å²) < 4.78 is 40.1. The van der Waals surface area contributed by atoms with E-state index >= 15 is 0 Å². The normalized spacial score (nSPS) is 17.8. The van der Waals surface area contributed by atoms with Gasteiger partial charge in [-0.05, 0) is 75.1 Å². The molecule has 0 saturated heterocycles. The fourth-order valence-electron chi connectivity index (χ4n) is 3.67. The minimum Gasteiger partial charge on any atom is -0.477 e. The molecule has 1 aliphatic rings. The van der Waals surface area contributed by atoms with E-state index in [1.54, 1.807) is 32.9 Å². The summed E-state index contributed by atoms with van der Waals surface area (Å²) >= 11 is 3.26. The van der Waals surface area contributed by atoms with Gasteiger partial charge in [-0.2, -0.15) is 0 Å². The Morgan fingerprint density at radius 2 is 1.70 bits per heavy atom. The third kappa shape index (κ3) is 4.94. The maximum Gasteiger partial charge on any atom is 0.313 e. The standard InChI is InChI=1S/C24H28BrNO6S/c1-13(2)22(27)31-20-14(3)15(4)21-19(16(20)5)11-12-24(6,32-21)23(28)26-33(29,30)18-9-7-17(25)8-10-18/h7-10,13H,11-12H2,1-6H3,(H,26,28). The Balaban J connectivity index is 1.91. The van der Waals surface area contributed by atoms with Crippen LogP contribution in [-0.4, -0.2) is 25.9 Å². The van der Waals surface area contributed by atoms with Crippen molar-refractivity contribution in [3.05, 3.63) is 51.0 Å². The monoisotopic (exact) mass is 537 g/mol. The van der Waals surface area contributed by atoms with Crippen LogP contribution in [0, 0.1) is 26.7 Å². The molecule has 0 bridgehead atoms. The summed E-state index contributed by atoms with van der Waals surface area (Å²) in [6.07, 6.45) is 0.735. The topological polar surface area (TPSA) is 98.8 Å². The third-order valence-corrected chi connectivity index (χ3v) is 7.87. The predicted octanol–water partition coefficient (Wildman–Crippen LogP) is 4.52. The molecule has 1 N–H and O–H groups in total. The molecule has 1 heterocycles. The average Bonchev–Trinajstić information content (AvgIpc) is 2.74. The van der Waals surface area contributed by atoms with Crippen LogP contribution in [0.5, 0.6) is 11.5 Å². The van der Waals surface area contributed by atoms with Crippen molar-refractivity contribution in [2.75, 3.05) is 0 Å². The van der Waals surface area contributed by atoms with Crippen LogP contribution in [0.4, 0.5) is 0 Å². The molecular weight excluding hydrogens is 510 g/mol. The number of hydrogen-bond donors (Lipinski definition) is 1. The zero-order valence-corrected chi connectivity index (χ0v) is 21.9. The fraction of sp³-hybridized carbons (Fsp3) is 0.417. The molecule has 0 spiro atoms. The third-order valence-electron chi connectivity index (χ3n) is 6.00. The Labute approximate surface area is 203 Å². The summed E-state index contributed by atoms with van der Waals surface area (Å²) in [6.45, 7) is 10.7. The number of sulfonamides is 1. The van der Waals surface area contributed by atoms with Gasteiger partial charge in [0, 0.05) is 16.5 Å². The first-order valence-corrected chi connectivity index (χ1v) is 12.9. The summed E-state index contributed by atoms with van der Waals surface area (Å²) in [7, 11) is -4.05. The van der Waals surface area contributed by atoms with Gasteiger partial charge in [0.2, 0.25) is 0 Å². The quantitative estimate of drug-likeness (QED) is 0.444. The van der Waals surface area contributed by atoms with E-state index in [2.05, 4.69) is 20.7 Å². The molecule has 3 rings (SSSR count). The lowest BCUT2D eigenvalue weighted by Crippen LogP contribution is -2.52. The van der Waals surface area contributed by atoms with Gasteiger partial charge >= 0.3 is 5.97 Å². The highest BCUT2D eigenvalue weighted by Gasteiger charge is 2.42. The molecule has 2 aromatic rings. The summed E-state index contributed by atoms with van der Waals surface area (Å²) in [5, 5.41) is 0. The molecule has 9 heteroatoms. The molecule has 1 unspecified atom stereocenters. The number of hydrogen-bond acceptors (Lipinski definition) is 6. The van der Waals surface area contributed by atoms with Gasteiger partial charge in [-0.3, -0.25) is 9.59 Å². The van der Waals surface area contributed by atoms with Crippen molar-refractivity contribution in [1.82, 2.24) is 4.72 Å². The Hall–Kier alpha value is -2.39. The zero-order chi connectivity index (χ0) is 24.7. The number of rotatable bonds is 5. The van der Waals surface area contributed by atoms with Crippen LogP contribution in [0.3, 0.4) is 0 Å². The van der Waals surface area contributed by atoms with E-state index in [9.17, 15) is 18.0 Å². The molecule has 178 valence electrons. The molecule has 7 nitrogen and oxygen atoms in total. The lowest BCUT2D eigenvalue weighted by Gasteiger charge is -2.36. The van der Waals surface area contributed by atoms with Crippen molar-refractivity contribution < 1.29 is 27.5 Å². The minimum atomic E-state index is -4.05. The number of fused-ring (bicyclic) bond motifs is 1. The van der Waals surface area contributed by atoms with Crippen molar-refractivity contribution in [1.29, 1.82) is 0 Å². The highest BCUT2D eigenvalue weighted by molar-refractivity contribution is 9.10. The molecule has 2 aromatic carbocycles. The SMILES string of the molecule is Cc1c(C)c2c(c(C)c1OC(=O)C(C)C)CCC(C)(C(=O)NS(=O)(=O)c1ccc(Br)cc1)O2. The second-order valence-electron chi connectivity index (χ2n) is 8.81. The molecular formula is C24H28BrNO6S. The van der Waals surface area contributed by atoms with Crippen molar-refractivity contribution in [3.63, 3.8) is 0 Å². The fourth-order valence-corrected chi connectivity index (χ4v) is 5.01. The van der Waals surface area contributed by atoms with Gasteiger partial charge in [0.1, 0.15) is 11.5 Å². The van der Waals surface area contributed by atoms with Crippen molar-refractivity contribution in [2.45, 2.75) is 64.9 Å². The van der Waals surface area contributed by atoms with Crippen LogP contribution >= 0.6 is 15.9 Å². The first kappa shape index (κ1) is 25.2. The largest absolute Gasteiger partial charge is 0.477 e. The lowest BCUT2D eigenvalue weighted by molar-refractivity contribution is -0.137. The van der Waals surface area contributed by atoms with Crippen LogP contribution < -0.4 is 14.2 Å². The summed E-state index contributed by atoms with van der Waals surface area (Å²) in [5.74, 6) is -0.282. The van der Waals surface area contributed by atoms with Gasteiger partial charge in [0.15, 0.2) is 5.60 Å². The number of nitrogens with one attached hydrogen (secondary N) is 1. The Kier molecular flexibility index (Phi) is 6.96. The predicted molar refractivity (Wildman–Crippen MR) is 128 cm³/mol. The lowest BCUT2D eigenvalue weighted by atomic mass is 9.87. The minimum absolute atomic E-state index is 0.0154. The van der Waals surface area contributed by atoms with Gasteiger partial charge in [-0.1, -0.05) is 29.8 Å². The Bertz CT molecular complexity index is 1220. The number of halogens is 1. The number of benzene rings is 2. The maximum atomic E-state index is 13.1. The van der Waals surface area contributed by atoms with E-state index in [1.807, 2.05) is 20.8 Å². The van der Waals surface area contributed by atoms with Crippen LogP contribution in [0.1, 0.15) is 49.4 Å².